The van der Waals surface area contributed by atoms with Crippen LogP contribution in [0.2, 0.25) is 0 Å². The fourth-order valence-corrected chi connectivity index (χ4v) is 4.93. The molecule has 240 valence electrons. The van der Waals surface area contributed by atoms with Crippen molar-refractivity contribution in [3.05, 3.63) is 112 Å². The fourth-order valence-electron chi connectivity index (χ4n) is 4.93. The molecule has 1 aromatic heterocycles. The van der Waals surface area contributed by atoms with Gasteiger partial charge in [0.15, 0.2) is 5.78 Å². The van der Waals surface area contributed by atoms with E-state index in [4.69, 9.17) is 10.5 Å². The second-order valence-electron chi connectivity index (χ2n) is 10.5. The van der Waals surface area contributed by atoms with Crippen LogP contribution in [-0.4, -0.2) is 40.7 Å². The Balaban J connectivity index is 0.00000345. The number of aryl methyl sites for hydroxylation is 2. The summed E-state index contributed by atoms with van der Waals surface area (Å²) in [7, 11) is 1.52. The van der Waals surface area contributed by atoms with Gasteiger partial charge in [0.1, 0.15) is 11.6 Å². The minimum Gasteiger partial charge on any atom is -0.496 e. The summed E-state index contributed by atoms with van der Waals surface area (Å²) in [5.41, 5.74) is 11.6. The highest BCUT2D eigenvalue weighted by Gasteiger charge is 2.24. The molecule has 0 fully saturated rings. The molecule has 2 atom stereocenters. The van der Waals surface area contributed by atoms with E-state index in [1.165, 1.54) is 14.0 Å². The number of benzene rings is 2. The molecule has 5 N–H and O–H groups in total. The van der Waals surface area contributed by atoms with Gasteiger partial charge in [-0.3, -0.25) is 14.4 Å². The standard InChI is InChI=1S/C34H41N5O4.C2H6/c1-8-10-25(11-9-2)30-19-37-33(39-30)22(5)38-34(42)29(17-27-20(3)14-26(32(35)41)15-21(27)4)36-18-24-12-13-31(43-7)28(16-24)23(6)40;1-2/h8-16,19,22,29,36H,1,17-18H2,2-7H3,(H2,35,41)(H,37,39)(H,38,42);1-2H3/b11-9-,25-10+;. The third kappa shape index (κ3) is 9.87. The zero-order valence-electron chi connectivity index (χ0n) is 27.7. The first-order valence-corrected chi connectivity index (χ1v) is 15.1. The van der Waals surface area contributed by atoms with Crippen molar-refractivity contribution in [3.63, 3.8) is 0 Å². The van der Waals surface area contributed by atoms with Crippen LogP contribution in [0.3, 0.4) is 0 Å². The predicted molar refractivity (Wildman–Crippen MR) is 181 cm³/mol. The van der Waals surface area contributed by atoms with Crippen molar-refractivity contribution in [2.45, 2.75) is 73.5 Å². The lowest BCUT2D eigenvalue weighted by Crippen LogP contribution is -2.46. The molecule has 3 rings (SSSR count). The van der Waals surface area contributed by atoms with Crippen LogP contribution < -0.4 is 21.1 Å². The summed E-state index contributed by atoms with van der Waals surface area (Å²) in [5.74, 6) is 0.275. The number of carbonyl (C=O) groups is 3. The summed E-state index contributed by atoms with van der Waals surface area (Å²) in [6, 6.07) is 7.81. The van der Waals surface area contributed by atoms with Crippen LogP contribution in [0.15, 0.2) is 67.4 Å². The molecule has 0 bridgehead atoms. The lowest BCUT2D eigenvalue weighted by atomic mass is 9.93. The van der Waals surface area contributed by atoms with E-state index < -0.39 is 18.0 Å². The van der Waals surface area contributed by atoms with E-state index in [9.17, 15) is 14.4 Å². The molecule has 2 aromatic carbocycles. The Morgan fingerprint density at radius 1 is 1.13 bits per heavy atom. The van der Waals surface area contributed by atoms with Gasteiger partial charge in [-0.15, -0.1) is 0 Å². The van der Waals surface area contributed by atoms with Crippen LogP contribution in [0.25, 0.3) is 5.57 Å². The molecule has 9 nitrogen and oxygen atoms in total. The number of ether oxygens (including phenoxy) is 1. The number of carbonyl (C=O) groups excluding carboxylic acids is 3. The summed E-state index contributed by atoms with van der Waals surface area (Å²) in [6.07, 6.45) is 9.56. The molecule has 0 aliphatic rings. The van der Waals surface area contributed by atoms with Crippen LogP contribution in [0, 0.1) is 13.8 Å². The van der Waals surface area contributed by atoms with Gasteiger partial charge in [-0.25, -0.2) is 4.98 Å². The van der Waals surface area contributed by atoms with Crippen molar-refractivity contribution in [2.24, 2.45) is 5.73 Å². The molecule has 2 amide bonds. The number of hydrogen-bond donors (Lipinski definition) is 4. The molecule has 45 heavy (non-hydrogen) atoms. The number of amides is 2. The number of imidazole rings is 1. The SMILES string of the molecule is C=C/C=C(\C=C/C)c1cnc(C(C)NC(=O)C(Cc2c(C)cc(C(N)=O)cc2C)NCc2ccc(OC)c(C(C)=O)c2)[nH]1.CC. The van der Waals surface area contributed by atoms with Crippen LogP contribution in [0.5, 0.6) is 5.75 Å². The van der Waals surface area contributed by atoms with Gasteiger partial charge in [0.05, 0.1) is 36.6 Å². The van der Waals surface area contributed by atoms with Crippen LogP contribution >= 0.6 is 0 Å². The molecule has 0 saturated heterocycles. The Labute approximate surface area is 267 Å². The normalized spacial score (nSPS) is 12.6. The molecule has 0 radical (unpaired) electrons. The molecule has 0 aliphatic heterocycles. The maximum atomic E-state index is 13.8. The van der Waals surface area contributed by atoms with Gasteiger partial charge >= 0.3 is 0 Å². The second-order valence-corrected chi connectivity index (χ2v) is 10.5. The average molecular weight is 614 g/mol. The molecule has 0 saturated carbocycles. The zero-order valence-corrected chi connectivity index (χ0v) is 27.7. The number of aromatic amines is 1. The summed E-state index contributed by atoms with van der Waals surface area (Å²) >= 11 is 0. The van der Waals surface area contributed by atoms with Gasteiger partial charge in [-0.05, 0) is 93.1 Å². The Hall–Kier alpha value is -4.76. The van der Waals surface area contributed by atoms with Crippen molar-refractivity contribution < 1.29 is 19.1 Å². The number of allylic oxidation sites excluding steroid dienone is 5. The van der Waals surface area contributed by atoms with Crippen molar-refractivity contribution in [2.75, 3.05) is 7.11 Å². The number of methoxy groups -OCH3 is 1. The highest BCUT2D eigenvalue weighted by atomic mass is 16.5. The summed E-state index contributed by atoms with van der Waals surface area (Å²) in [4.78, 5) is 45.5. The largest absolute Gasteiger partial charge is 0.496 e. The molecule has 1 heterocycles. The highest BCUT2D eigenvalue weighted by molar-refractivity contribution is 5.97. The number of nitrogens with two attached hydrogens (primary N) is 1. The highest BCUT2D eigenvalue weighted by Crippen LogP contribution is 2.23. The number of nitrogens with one attached hydrogen (secondary N) is 3. The smallest absolute Gasteiger partial charge is 0.248 e. The first kappa shape index (κ1) is 36.4. The number of hydrogen-bond acceptors (Lipinski definition) is 6. The van der Waals surface area contributed by atoms with E-state index in [0.29, 0.717) is 35.7 Å². The van der Waals surface area contributed by atoms with Gasteiger partial charge in [0, 0.05) is 12.1 Å². The van der Waals surface area contributed by atoms with Crippen LogP contribution in [0.4, 0.5) is 0 Å². The van der Waals surface area contributed by atoms with Gasteiger partial charge in [-0.1, -0.05) is 50.8 Å². The Bertz CT molecular complexity index is 1540. The first-order chi connectivity index (χ1) is 21.5. The van der Waals surface area contributed by atoms with E-state index in [2.05, 4.69) is 27.2 Å². The summed E-state index contributed by atoms with van der Waals surface area (Å²) < 4.78 is 5.33. The third-order valence-corrected chi connectivity index (χ3v) is 7.22. The monoisotopic (exact) mass is 613 g/mol. The maximum Gasteiger partial charge on any atom is 0.248 e. The van der Waals surface area contributed by atoms with Crippen LogP contribution in [-0.2, 0) is 17.8 Å². The molecule has 0 aliphatic carbocycles. The zero-order chi connectivity index (χ0) is 33.7. The number of H-pyrrole nitrogens is 1. The van der Waals surface area contributed by atoms with Crippen LogP contribution in [0.1, 0.15) is 95.1 Å². The number of Topliss-reactive ketones (excluding diaryl/α,β-unsaturated/α-hetero) is 1. The number of rotatable bonds is 14. The van der Waals surface area contributed by atoms with Gasteiger partial charge < -0.3 is 26.1 Å². The lowest BCUT2D eigenvalue weighted by Gasteiger charge is -2.23. The molecule has 2 unspecified atom stereocenters. The summed E-state index contributed by atoms with van der Waals surface area (Å²) in [5, 5.41) is 6.46. The summed E-state index contributed by atoms with van der Waals surface area (Å²) in [6.45, 7) is 17.2. The van der Waals surface area contributed by atoms with E-state index >= 15 is 0 Å². The van der Waals surface area contributed by atoms with Crippen molar-refractivity contribution in [1.82, 2.24) is 20.6 Å². The molecule has 3 aromatic rings. The van der Waals surface area contributed by atoms with Gasteiger partial charge in [0.2, 0.25) is 11.8 Å². The van der Waals surface area contributed by atoms with E-state index in [1.807, 2.05) is 65.8 Å². The number of aromatic nitrogens is 2. The van der Waals surface area contributed by atoms with E-state index in [0.717, 1.165) is 33.5 Å². The van der Waals surface area contributed by atoms with E-state index in [-0.39, 0.29) is 11.7 Å². The Kier molecular flexibility index (Phi) is 14.2. The minimum absolute atomic E-state index is 0.110. The second kappa shape index (κ2) is 17.5. The van der Waals surface area contributed by atoms with Crippen molar-refractivity contribution in [3.8, 4) is 5.75 Å². The minimum atomic E-state index is -0.643. The third-order valence-electron chi connectivity index (χ3n) is 7.22. The fraction of sp³-hybridized carbons (Fsp3) is 0.333. The lowest BCUT2D eigenvalue weighted by molar-refractivity contribution is -0.123. The van der Waals surface area contributed by atoms with Crippen molar-refractivity contribution >= 4 is 23.2 Å². The van der Waals surface area contributed by atoms with Gasteiger partial charge in [-0.2, -0.15) is 0 Å². The number of primary amides is 1. The molecule has 0 spiro atoms. The maximum absolute atomic E-state index is 13.8. The quantitative estimate of drug-likeness (QED) is 0.128. The number of ketones is 1. The van der Waals surface area contributed by atoms with E-state index in [1.54, 1.807) is 36.5 Å². The topological polar surface area (TPSA) is 139 Å². The average Bonchev–Trinajstić information content (AvgIpc) is 3.51. The Morgan fingerprint density at radius 2 is 1.80 bits per heavy atom. The molecular weight excluding hydrogens is 566 g/mol. The Morgan fingerprint density at radius 3 is 2.36 bits per heavy atom. The number of nitrogens with zero attached hydrogens (tertiary/aromatic N) is 1. The molecule has 9 heteroatoms. The van der Waals surface area contributed by atoms with Crippen molar-refractivity contribution in [1.29, 1.82) is 0 Å². The predicted octanol–water partition coefficient (Wildman–Crippen LogP) is 6.09. The van der Waals surface area contributed by atoms with Gasteiger partial charge in [0.25, 0.3) is 0 Å². The molecular formula is C36H47N5O4. The first-order valence-electron chi connectivity index (χ1n) is 15.1.